The molecule has 1 aliphatic rings. The second-order valence-corrected chi connectivity index (χ2v) is 5.92. The first-order chi connectivity index (χ1) is 7.57. The summed E-state index contributed by atoms with van der Waals surface area (Å²) in [6, 6.07) is 11.4. The van der Waals surface area contributed by atoms with Crippen LogP contribution in [0.5, 0.6) is 0 Å². The zero-order chi connectivity index (χ0) is 11.6. The van der Waals surface area contributed by atoms with Gasteiger partial charge in [0.15, 0.2) is 0 Å². The van der Waals surface area contributed by atoms with Crippen molar-refractivity contribution in [1.29, 1.82) is 0 Å². The molecule has 0 saturated carbocycles. The van der Waals surface area contributed by atoms with Crippen LogP contribution in [0.4, 0.5) is 0 Å². The zero-order valence-electron chi connectivity index (χ0n) is 10.6. The fourth-order valence-electron chi connectivity index (χ4n) is 2.50. The van der Waals surface area contributed by atoms with Gasteiger partial charge < -0.3 is 0 Å². The third-order valence-corrected chi connectivity index (χ3v) is 3.61. The van der Waals surface area contributed by atoms with E-state index in [1.165, 1.54) is 18.4 Å². The molecule has 1 aromatic rings. The van der Waals surface area contributed by atoms with E-state index >= 15 is 0 Å². The van der Waals surface area contributed by atoms with Crippen LogP contribution in [-0.4, -0.2) is 12.6 Å². The molecule has 1 nitrogen and oxygen atoms in total. The van der Waals surface area contributed by atoms with Crippen LogP contribution < -0.4 is 5.32 Å². The largest absolute Gasteiger partial charge is 0.238 e. The van der Waals surface area contributed by atoms with Crippen LogP contribution in [0, 0.1) is 5.41 Å². The highest BCUT2D eigenvalue weighted by atomic mass is 14.9. The Hall–Kier alpha value is -0.820. The van der Waals surface area contributed by atoms with Crippen LogP contribution in [0.3, 0.4) is 0 Å². The number of nitrogens with zero attached hydrogens (tertiary/aromatic N) is 1. The van der Waals surface area contributed by atoms with Gasteiger partial charge in [0, 0.05) is 12.6 Å². The van der Waals surface area contributed by atoms with E-state index in [9.17, 15) is 0 Å². The normalized spacial score (nSPS) is 26.7. The maximum Gasteiger partial charge on any atom is 0.0300 e. The molecule has 1 fully saturated rings. The summed E-state index contributed by atoms with van der Waals surface area (Å²) in [5.41, 5.74) is 1.81. The van der Waals surface area contributed by atoms with Crippen molar-refractivity contribution in [1.82, 2.24) is 5.32 Å². The molecule has 1 saturated heterocycles. The molecule has 1 heteroatoms. The molecule has 1 radical (unpaired) electrons. The van der Waals surface area contributed by atoms with Crippen LogP contribution in [-0.2, 0) is 0 Å². The Morgan fingerprint density at radius 3 is 2.44 bits per heavy atom. The Balaban J connectivity index is 2.08. The summed E-state index contributed by atoms with van der Waals surface area (Å²) in [4.78, 5) is 0. The molecule has 2 atom stereocenters. The smallest absolute Gasteiger partial charge is 0.0300 e. The lowest BCUT2D eigenvalue weighted by Gasteiger charge is -2.37. The number of hydrogen-bond donors (Lipinski definition) is 0. The summed E-state index contributed by atoms with van der Waals surface area (Å²) < 4.78 is 0. The fraction of sp³-hybridized carbons (Fsp3) is 0.600. The Morgan fingerprint density at radius 1 is 1.12 bits per heavy atom. The van der Waals surface area contributed by atoms with Gasteiger partial charge in [-0.05, 0) is 29.7 Å². The molecule has 0 bridgehead atoms. The van der Waals surface area contributed by atoms with E-state index in [2.05, 4.69) is 51.1 Å². The molecule has 0 aromatic heterocycles. The maximum atomic E-state index is 4.78. The SMILES string of the molecule is CC(C)(C)[C@@H]1C[C@H](c2ccccc2)CC[N]1. The molecule has 0 N–H and O–H groups in total. The first-order valence-electron chi connectivity index (χ1n) is 6.29. The van der Waals surface area contributed by atoms with Gasteiger partial charge in [0.2, 0.25) is 0 Å². The summed E-state index contributed by atoms with van der Waals surface area (Å²) in [6.07, 6.45) is 2.43. The minimum absolute atomic E-state index is 0.313. The summed E-state index contributed by atoms with van der Waals surface area (Å²) >= 11 is 0. The van der Waals surface area contributed by atoms with Crippen molar-refractivity contribution in [2.45, 2.75) is 45.6 Å². The van der Waals surface area contributed by atoms with Gasteiger partial charge in [-0.15, -0.1) is 0 Å². The standard InChI is InChI=1S/C15H22N/c1-15(2,3)14-11-13(9-10-16-14)12-7-5-4-6-8-12/h4-8,13-14H,9-11H2,1-3H3/t13-,14+/m1/s1. The topological polar surface area (TPSA) is 14.1 Å². The van der Waals surface area contributed by atoms with E-state index in [1.807, 2.05) is 0 Å². The second kappa shape index (κ2) is 4.58. The summed E-state index contributed by atoms with van der Waals surface area (Å²) in [7, 11) is 0. The highest BCUT2D eigenvalue weighted by Gasteiger charge is 2.31. The molecule has 1 aliphatic heterocycles. The Kier molecular flexibility index (Phi) is 3.34. The number of piperidine rings is 1. The third-order valence-electron chi connectivity index (χ3n) is 3.61. The van der Waals surface area contributed by atoms with Crippen molar-refractivity contribution in [2.24, 2.45) is 5.41 Å². The summed E-state index contributed by atoms with van der Waals surface area (Å²) in [5.74, 6) is 0.711. The van der Waals surface area contributed by atoms with Crippen molar-refractivity contribution in [3.05, 3.63) is 35.9 Å². The van der Waals surface area contributed by atoms with Gasteiger partial charge in [0.05, 0.1) is 0 Å². The summed E-state index contributed by atoms with van der Waals surface area (Å²) in [6.45, 7) is 7.93. The van der Waals surface area contributed by atoms with Gasteiger partial charge in [0.1, 0.15) is 0 Å². The second-order valence-electron chi connectivity index (χ2n) is 5.92. The van der Waals surface area contributed by atoms with Crippen LogP contribution in [0.1, 0.15) is 45.1 Å². The molecule has 1 heterocycles. The molecule has 0 amide bonds. The number of hydrogen-bond acceptors (Lipinski definition) is 0. The van der Waals surface area contributed by atoms with Gasteiger partial charge in [-0.3, -0.25) is 0 Å². The van der Waals surface area contributed by atoms with Crippen molar-refractivity contribution in [3.8, 4) is 0 Å². The van der Waals surface area contributed by atoms with E-state index in [1.54, 1.807) is 0 Å². The van der Waals surface area contributed by atoms with Crippen LogP contribution in [0.15, 0.2) is 30.3 Å². The fourth-order valence-corrected chi connectivity index (χ4v) is 2.50. The third kappa shape index (κ3) is 2.65. The lowest BCUT2D eigenvalue weighted by molar-refractivity contribution is 0.206. The van der Waals surface area contributed by atoms with Gasteiger partial charge in [-0.1, -0.05) is 51.1 Å². The highest BCUT2D eigenvalue weighted by Crippen LogP contribution is 2.34. The Morgan fingerprint density at radius 2 is 1.81 bits per heavy atom. The molecule has 2 rings (SSSR count). The molecular formula is C15H22N. The lowest BCUT2D eigenvalue weighted by Crippen LogP contribution is -2.41. The zero-order valence-corrected chi connectivity index (χ0v) is 10.6. The van der Waals surface area contributed by atoms with Crippen LogP contribution >= 0.6 is 0 Å². The highest BCUT2D eigenvalue weighted by molar-refractivity contribution is 5.20. The van der Waals surface area contributed by atoms with E-state index in [-0.39, 0.29) is 0 Å². The van der Waals surface area contributed by atoms with Crippen molar-refractivity contribution < 1.29 is 0 Å². The van der Waals surface area contributed by atoms with Gasteiger partial charge in [0.25, 0.3) is 0 Å². The molecule has 87 valence electrons. The van der Waals surface area contributed by atoms with E-state index in [0.29, 0.717) is 17.4 Å². The average Bonchev–Trinajstić information content (AvgIpc) is 2.29. The molecular weight excluding hydrogens is 194 g/mol. The predicted octanol–water partition coefficient (Wildman–Crippen LogP) is 3.58. The van der Waals surface area contributed by atoms with Crippen LogP contribution in [0.2, 0.25) is 0 Å². The van der Waals surface area contributed by atoms with Crippen molar-refractivity contribution in [3.63, 3.8) is 0 Å². The van der Waals surface area contributed by atoms with Crippen LogP contribution in [0.25, 0.3) is 0 Å². The van der Waals surface area contributed by atoms with Gasteiger partial charge in [-0.2, -0.15) is 0 Å². The van der Waals surface area contributed by atoms with E-state index in [0.717, 1.165) is 6.54 Å². The summed E-state index contributed by atoms with van der Waals surface area (Å²) in [5, 5.41) is 4.78. The molecule has 0 aliphatic carbocycles. The van der Waals surface area contributed by atoms with Gasteiger partial charge in [-0.25, -0.2) is 5.32 Å². The molecule has 0 spiro atoms. The van der Waals surface area contributed by atoms with E-state index in [4.69, 9.17) is 5.32 Å². The molecule has 1 aromatic carbocycles. The van der Waals surface area contributed by atoms with E-state index < -0.39 is 0 Å². The Labute approximate surface area is 99.3 Å². The van der Waals surface area contributed by atoms with Gasteiger partial charge >= 0.3 is 0 Å². The number of rotatable bonds is 1. The number of benzene rings is 1. The first-order valence-corrected chi connectivity index (χ1v) is 6.29. The van der Waals surface area contributed by atoms with Crippen molar-refractivity contribution >= 4 is 0 Å². The Bertz CT molecular complexity index is 323. The minimum Gasteiger partial charge on any atom is -0.238 e. The molecule has 0 unspecified atom stereocenters. The molecule has 16 heavy (non-hydrogen) atoms. The quantitative estimate of drug-likeness (QED) is 0.681. The maximum absolute atomic E-state index is 4.78. The minimum atomic E-state index is 0.313. The monoisotopic (exact) mass is 216 g/mol. The average molecular weight is 216 g/mol. The van der Waals surface area contributed by atoms with Crippen molar-refractivity contribution in [2.75, 3.05) is 6.54 Å². The first kappa shape index (κ1) is 11.7. The predicted molar refractivity (Wildman–Crippen MR) is 68.7 cm³/mol. The lowest BCUT2D eigenvalue weighted by atomic mass is 9.76.